The Morgan fingerprint density at radius 2 is 1.38 bits per heavy atom. The van der Waals surface area contributed by atoms with Crippen LogP contribution in [0.4, 0.5) is 11.4 Å². The lowest BCUT2D eigenvalue weighted by atomic mass is 10.2. The number of benzene rings is 3. The molecule has 0 spiro atoms. The van der Waals surface area contributed by atoms with Crippen LogP contribution in [0, 0.1) is 0 Å². The zero-order chi connectivity index (χ0) is 24.1. The van der Waals surface area contributed by atoms with Gasteiger partial charge in [0.05, 0.1) is 0 Å². The third-order valence-electron chi connectivity index (χ3n) is 4.65. The summed E-state index contributed by atoms with van der Waals surface area (Å²) in [7, 11) is 0. The van der Waals surface area contributed by atoms with Gasteiger partial charge in [-0.25, -0.2) is 0 Å². The van der Waals surface area contributed by atoms with E-state index in [2.05, 4.69) is 16.0 Å². The summed E-state index contributed by atoms with van der Waals surface area (Å²) in [6, 6.07) is 23.9. The molecule has 1 heterocycles. The molecule has 0 atom stereocenters. The number of carbonyl (C=O) groups excluding carboxylic acids is 2. The molecule has 0 bridgehead atoms. The zero-order valence-electron chi connectivity index (χ0n) is 17.5. The fourth-order valence-corrected chi connectivity index (χ4v) is 3.64. The van der Waals surface area contributed by atoms with Gasteiger partial charge in [0.15, 0.2) is 10.9 Å². The van der Waals surface area contributed by atoms with Gasteiger partial charge in [0.1, 0.15) is 5.76 Å². The van der Waals surface area contributed by atoms with Gasteiger partial charge >= 0.3 is 0 Å². The van der Waals surface area contributed by atoms with Gasteiger partial charge in [0.2, 0.25) is 0 Å². The molecule has 0 saturated carbocycles. The second-order valence-corrected chi connectivity index (χ2v) is 8.41. The van der Waals surface area contributed by atoms with E-state index in [0.717, 1.165) is 5.56 Å². The molecule has 0 fully saturated rings. The van der Waals surface area contributed by atoms with Gasteiger partial charge in [0.25, 0.3) is 11.8 Å². The van der Waals surface area contributed by atoms with Crippen LogP contribution in [0.2, 0.25) is 10.0 Å². The fraction of sp³-hybridized carbons (Fsp3) is 0. The molecule has 0 saturated heterocycles. The molecule has 0 radical (unpaired) electrons. The van der Waals surface area contributed by atoms with Crippen molar-refractivity contribution >= 4 is 63.7 Å². The topological polar surface area (TPSA) is 83.4 Å². The van der Waals surface area contributed by atoms with E-state index in [4.69, 9.17) is 39.8 Å². The summed E-state index contributed by atoms with van der Waals surface area (Å²) in [5.41, 5.74) is 2.43. The molecule has 0 aliphatic heterocycles. The van der Waals surface area contributed by atoms with Crippen molar-refractivity contribution in [3.63, 3.8) is 0 Å². The summed E-state index contributed by atoms with van der Waals surface area (Å²) in [5.74, 6) is -0.141. The first-order valence-corrected chi connectivity index (χ1v) is 11.2. The second kappa shape index (κ2) is 10.5. The van der Waals surface area contributed by atoms with E-state index >= 15 is 0 Å². The number of rotatable bonds is 5. The first kappa shape index (κ1) is 23.5. The minimum absolute atomic E-state index is 0.0985. The molecule has 9 heteroatoms. The quantitative estimate of drug-likeness (QED) is 0.263. The number of anilines is 2. The molecular formula is C25H17Cl2N3O3S. The van der Waals surface area contributed by atoms with E-state index in [0.29, 0.717) is 32.7 Å². The Hall–Kier alpha value is -3.65. The number of thiocarbonyl (C=S) groups is 1. The molecule has 3 N–H and O–H groups in total. The number of amides is 2. The number of carbonyl (C=O) groups is 2. The summed E-state index contributed by atoms with van der Waals surface area (Å²) < 4.78 is 5.63. The molecule has 170 valence electrons. The molecule has 4 rings (SSSR count). The van der Waals surface area contributed by atoms with Crippen LogP contribution in [0.5, 0.6) is 0 Å². The van der Waals surface area contributed by atoms with Crippen molar-refractivity contribution in [1.29, 1.82) is 0 Å². The maximum atomic E-state index is 12.5. The largest absolute Gasteiger partial charge is 0.451 e. The van der Waals surface area contributed by atoms with Crippen LogP contribution in [-0.2, 0) is 0 Å². The Kier molecular flexibility index (Phi) is 7.27. The van der Waals surface area contributed by atoms with Gasteiger partial charge in [-0.3, -0.25) is 14.9 Å². The number of furan rings is 1. The maximum Gasteiger partial charge on any atom is 0.293 e. The van der Waals surface area contributed by atoms with Crippen molar-refractivity contribution in [1.82, 2.24) is 5.32 Å². The van der Waals surface area contributed by atoms with Crippen molar-refractivity contribution < 1.29 is 14.0 Å². The molecule has 3 aromatic carbocycles. The van der Waals surface area contributed by atoms with Crippen molar-refractivity contribution in [2.24, 2.45) is 0 Å². The van der Waals surface area contributed by atoms with Crippen LogP contribution < -0.4 is 16.0 Å². The number of halogens is 2. The van der Waals surface area contributed by atoms with Crippen LogP contribution in [0.25, 0.3) is 11.3 Å². The predicted octanol–water partition coefficient (Wildman–Crippen LogP) is 6.63. The van der Waals surface area contributed by atoms with Crippen molar-refractivity contribution in [2.75, 3.05) is 10.6 Å². The molecule has 1 aromatic heterocycles. The van der Waals surface area contributed by atoms with E-state index < -0.39 is 5.91 Å². The Morgan fingerprint density at radius 3 is 2.06 bits per heavy atom. The number of nitrogens with one attached hydrogen (secondary N) is 3. The Bertz CT molecular complexity index is 1370. The van der Waals surface area contributed by atoms with Crippen LogP contribution in [0.3, 0.4) is 0 Å². The van der Waals surface area contributed by atoms with Gasteiger partial charge in [-0.05, 0) is 78.9 Å². The van der Waals surface area contributed by atoms with Gasteiger partial charge in [-0.1, -0.05) is 41.4 Å². The van der Waals surface area contributed by atoms with Gasteiger partial charge in [0, 0.05) is 32.5 Å². The summed E-state index contributed by atoms with van der Waals surface area (Å²) >= 11 is 17.2. The Balaban J connectivity index is 1.32. The van der Waals surface area contributed by atoms with Crippen LogP contribution >= 0.6 is 35.4 Å². The lowest BCUT2D eigenvalue weighted by molar-refractivity contribution is 0.0950. The lowest BCUT2D eigenvalue weighted by Gasteiger charge is -2.10. The van der Waals surface area contributed by atoms with Crippen molar-refractivity contribution in [2.45, 2.75) is 0 Å². The molecule has 4 aromatic rings. The predicted molar refractivity (Wildman–Crippen MR) is 139 cm³/mol. The van der Waals surface area contributed by atoms with Crippen LogP contribution in [0.15, 0.2) is 89.3 Å². The highest BCUT2D eigenvalue weighted by Gasteiger charge is 2.14. The minimum Gasteiger partial charge on any atom is -0.451 e. The average molecular weight is 510 g/mol. The summed E-state index contributed by atoms with van der Waals surface area (Å²) in [5, 5.41) is 9.44. The third-order valence-corrected chi connectivity index (χ3v) is 5.33. The first-order valence-electron chi connectivity index (χ1n) is 10.0. The van der Waals surface area contributed by atoms with Gasteiger partial charge in [-0.2, -0.15) is 0 Å². The Labute approximate surface area is 210 Å². The summed E-state index contributed by atoms with van der Waals surface area (Å²) in [6.07, 6.45) is 0. The zero-order valence-corrected chi connectivity index (χ0v) is 19.8. The molecule has 2 amide bonds. The lowest BCUT2D eigenvalue weighted by Crippen LogP contribution is -2.33. The fourth-order valence-electron chi connectivity index (χ4n) is 3.05. The van der Waals surface area contributed by atoms with E-state index in [9.17, 15) is 9.59 Å². The highest BCUT2D eigenvalue weighted by atomic mass is 35.5. The SMILES string of the molecule is O=C(Nc1ccc(NC(=S)NC(=O)c2ccc(-c3cccc(Cl)c3)o2)cc1)c1cccc(Cl)c1. The van der Waals surface area contributed by atoms with Crippen LogP contribution in [0.1, 0.15) is 20.9 Å². The second-order valence-electron chi connectivity index (χ2n) is 7.12. The standard InChI is InChI=1S/C25H17Cl2N3O3S/c26-17-5-1-3-15(13-17)21-11-12-22(33-21)24(32)30-25(34)29-20-9-7-19(8-10-20)28-23(31)16-4-2-6-18(27)14-16/h1-14H,(H,28,31)(H2,29,30,32,34). The molecular weight excluding hydrogens is 493 g/mol. The molecule has 0 aliphatic carbocycles. The van der Waals surface area contributed by atoms with E-state index in [1.54, 1.807) is 78.9 Å². The van der Waals surface area contributed by atoms with E-state index in [1.807, 2.05) is 6.07 Å². The smallest absolute Gasteiger partial charge is 0.293 e. The average Bonchev–Trinajstić information content (AvgIpc) is 3.31. The highest BCUT2D eigenvalue weighted by molar-refractivity contribution is 7.80. The Morgan fingerprint density at radius 1 is 0.735 bits per heavy atom. The normalized spacial score (nSPS) is 10.4. The minimum atomic E-state index is -0.490. The summed E-state index contributed by atoms with van der Waals surface area (Å²) in [4.78, 5) is 24.8. The number of hydrogen-bond acceptors (Lipinski definition) is 4. The highest BCUT2D eigenvalue weighted by Crippen LogP contribution is 2.25. The monoisotopic (exact) mass is 509 g/mol. The molecule has 0 aliphatic rings. The molecule has 34 heavy (non-hydrogen) atoms. The van der Waals surface area contributed by atoms with Gasteiger partial charge in [-0.15, -0.1) is 0 Å². The molecule has 0 unspecified atom stereocenters. The van der Waals surface area contributed by atoms with Crippen LogP contribution in [-0.4, -0.2) is 16.9 Å². The molecule has 6 nitrogen and oxygen atoms in total. The van der Waals surface area contributed by atoms with Gasteiger partial charge < -0.3 is 15.1 Å². The maximum absolute atomic E-state index is 12.5. The van der Waals surface area contributed by atoms with E-state index in [-0.39, 0.29) is 16.8 Å². The van der Waals surface area contributed by atoms with Crippen molar-refractivity contribution in [3.05, 3.63) is 106 Å². The first-order chi connectivity index (χ1) is 16.4. The third kappa shape index (κ3) is 6.02. The van der Waals surface area contributed by atoms with E-state index in [1.165, 1.54) is 0 Å². The van der Waals surface area contributed by atoms with Crippen molar-refractivity contribution in [3.8, 4) is 11.3 Å². The number of hydrogen-bond donors (Lipinski definition) is 3. The summed E-state index contributed by atoms with van der Waals surface area (Å²) in [6.45, 7) is 0.